The monoisotopic (exact) mass is 565 g/mol. The van der Waals surface area contributed by atoms with Gasteiger partial charge in [-0.15, -0.1) is 11.3 Å². The van der Waals surface area contributed by atoms with Gasteiger partial charge in [-0.25, -0.2) is 4.79 Å². The zero-order chi connectivity index (χ0) is 28.4. The van der Waals surface area contributed by atoms with Crippen LogP contribution in [0.5, 0.6) is 0 Å². The Morgan fingerprint density at radius 2 is 1.69 bits per heavy atom. The molecule has 1 saturated carbocycles. The molecule has 212 valence electrons. The number of nitrogens with one attached hydrogen (secondary N) is 1. The number of fused-ring (bicyclic) bond motifs is 1. The number of carboxylic acid groups (broad SMARTS) is 1. The number of hydrogen-bond acceptors (Lipinski definition) is 5. The highest BCUT2D eigenvalue weighted by molar-refractivity contribution is 7.09. The fourth-order valence-electron chi connectivity index (χ4n) is 4.79. The summed E-state index contributed by atoms with van der Waals surface area (Å²) in [6, 6.07) is 11.4. The molecular weight excluding hydrogens is 531 g/mol. The Morgan fingerprint density at radius 3 is 2.23 bits per heavy atom. The molecule has 0 saturated heterocycles. The summed E-state index contributed by atoms with van der Waals surface area (Å²) in [6.07, 6.45) is 6.02. The molecule has 1 aliphatic heterocycles. The number of amides is 2. The molecule has 2 aliphatic rings. The van der Waals surface area contributed by atoms with Gasteiger partial charge in [-0.3, -0.25) is 9.59 Å². The van der Waals surface area contributed by atoms with Crippen molar-refractivity contribution in [1.29, 1.82) is 0 Å². The maximum atomic E-state index is 12.8. The van der Waals surface area contributed by atoms with Gasteiger partial charge in [0.15, 0.2) is 0 Å². The van der Waals surface area contributed by atoms with Gasteiger partial charge in [-0.2, -0.15) is 13.2 Å². The van der Waals surface area contributed by atoms with Crippen LogP contribution in [-0.2, 0) is 33.9 Å². The number of nitrogens with two attached hydrogens (primary N) is 1. The number of benzene rings is 1. The Balaban J connectivity index is 0.000000532. The smallest absolute Gasteiger partial charge is 0.475 e. The van der Waals surface area contributed by atoms with Crippen LogP contribution in [0.3, 0.4) is 0 Å². The first kappa shape index (κ1) is 30.4. The molecule has 4 N–H and O–H groups in total. The Hall–Kier alpha value is -3.18. The molecule has 0 bridgehead atoms. The standard InChI is InChI=1S/C26H33N3O2S.C2HF3O2/c27-24(16-23-11-6-14-32-23)26(31)28-22(15-19-7-2-1-3-8-19)12-13-25(30)29-17-20-9-4-5-10-21(20)18-29;3-2(4,5)1(6)7/h4-6,9-14,19,22,24H,1-3,7-8,15-18,27H2,(H,28,31);(H,6,7)/b13-12+;/t22-,24+;/m1./s1. The molecule has 1 aliphatic carbocycles. The molecule has 2 heterocycles. The fraction of sp³-hybridized carbons (Fsp3) is 0.464. The normalized spacial score (nSPS) is 17.2. The van der Waals surface area contributed by atoms with E-state index in [0.717, 1.165) is 11.3 Å². The van der Waals surface area contributed by atoms with Crippen molar-refractivity contribution in [3.05, 3.63) is 69.9 Å². The second-order valence-corrected chi connectivity index (χ2v) is 10.9. The van der Waals surface area contributed by atoms with Crippen LogP contribution in [-0.4, -0.2) is 46.1 Å². The van der Waals surface area contributed by atoms with Crippen LogP contribution in [0.4, 0.5) is 13.2 Å². The first-order chi connectivity index (χ1) is 18.5. The molecule has 1 fully saturated rings. The molecular formula is C28H34F3N3O4S. The van der Waals surface area contributed by atoms with Crippen molar-refractivity contribution < 1.29 is 32.7 Å². The van der Waals surface area contributed by atoms with Crippen molar-refractivity contribution in [3.63, 3.8) is 0 Å². The van der Waals surface area contributed by atoms with Crippen LogP contribution in [0.25, 0.3) is 0 Å². The zero-order valence-electron chi connectivity index (χ0n) is 21.5. The Kier molecular flexibility index (Phi) is 11.1. The molecule has 4 rings (SSSR count). The first-order valence-electron chi connectivity index (χ1n) is 12.9. The van der Waals surface area contributed by atoms with Gasteiger partial charge in [-0.1, -0.05) is 68.5 Å². The lowest BCUT2D eigenvalue weighted by Gasteiger charge is -2.26. The predicted molar refractivity (Wildman–Crippen MR) is 143 cm³/mol. The van der Waals surface area contributed by atoms with Gasteiger partial charge in [0, 0.05) is 36.5 Å². The van der Waals surface area contributed by atoms with E-state index < -0.39 is 18.2 Å². The highest BCUT2D eigenvalue weighted by Gasteiger charge is 2.38. The summed E-state index contributed by atoms with van der Waals surface area (Å²) in [7, 11) is 0. The average molecular weight is 566 g/mol. The van der Waals surface area contributed by atoms with Gasteiger partial charge in [0.2, 0.25) is 11.8 Å². The minimum Gasteiger partial charge on any atom is -0.475 e. The fourth-order valence-corrected chi connectivity index (χ4v) is 5.55. The molecule has 2 amide bonds. The maximum Gasteiger partial charge on any atom is 0.490 e. The van der Waals surface area contributed by atoms with Crippen molar-refractivity contribution in [2.75, 3.05) is 0 Å². The third-order valence-corrected chi connectivity index (χ3v) is 7.74. The first-order valence-corrected chi connectivity index (χ1v) is 13.8. The second-order valence-electron chi connectivity index (χ2n) is 9.87. The molecule has 2 aromatic rings. The highest BCUT2D eigenvalue weighted by atomic mass is 32.1. The van der Waals surface area contributed by atoms with E-state index in [1.165, 1.54) is 43.2 Å². The van der Waals surface area contributed by atoms with Crippen LogP contribution in [0, 0.1) is 5.92 Å². The molecule has 0 unspecified atom stereocenters. The summed E-state index contributed by atoms with van der Waals surface area (Å²) in [5.74, 6) is -2.33. The Bertz CT molecular complexity index is 1110. The van der Waals surface area contributed by atoms with E-state index in [9.17, 15) is 22.8 Å². The minimum absolute atomic E-state index is 0.00743. The van der Waals surface area contributed by atoms with Crippen molar-refractivity contribution in [2.45, 2.75) is 76.3 Å². The van der Waals surface area contributed by atoms with Gasteiger partial charge in [0.1, 0.15) is 0 Å². The number of alkyl halides is 3. The van der Waals surface area contributed by atoms with E-state index in [1.54, 1.807) is 17.4 Å². The molecule has 1 aromatic heterocycles. The number of halogens is 3. The summed E-state index contributed by atoms with van der Waals surface area (Å²) < 4.78 is 31.7. The van der Waals surface area contributed by atoms with E-state index in [4.69, 9.17) is 15.6 Å². The third kappa shape index (κ3) is 9.81. The van der Waals surface area contributed by atoms with Crippen molar-refractivity contribution in [3.8, 4) is 0 Å². The SMILES string of the molecule is N[C@@H](Cc1cccs1)C(=O)N[C@H](/C=C/C(=O)N1Cc2ccccc2C1)CC1CCCCC1.O=C(O)C(F)(F)F. The van der Waals surface area contributed by atoms with Gasteiger partial charge >= 0.3 is 12.1 Å². The van der Waals surface area contributed by atoms with Crippen LogP contribution in [0.2, 0.25) is 0 Å². The largest absolute Gasteiger partial charge is 0.490 e. The number of nitrogens with zero attached hydrogens (tertiary/aromatic N) is 1. The number of carboxylic acids is 1. The number of thiophene rings is 1. The zero-order valence-corrected chi connectivity index (χ0v) is 22.3. The van der Waals surface area contributed by atoms with Gasteiger partial charge in [0.05, 0.1) is 6.04 Å². The summed E-state index contributed by atoms with van der Waals surface area (Å²) in [5.41, 5.74) is 8.61. The molecule has 1 aromatic carbocycles. The van der Waals surface area contributed by atoms with Crippen LogP contribution < -0.4 is 11.1 Å². The third-order valence-electron chi connectivity index (χ3n) is 6.84. The highest BCUT2D eigenvalue weighted by Crippen LogP contribution is 2.28. The van der Waals surface area contributed by atoms with Crippen LogP contribution in [0.1, 0.15) is 54.5 Å². The summed E-state index contributed by atoms with van der Waals surface area (Å²) in [6.45, 7) is 1.29. The minimum atomic E-state index is -5.08. The number of aliphatic carboxylic acids is 1. The number of hydrogen-bond donors (Lipinski definition) is 3. The number of carbonyl (C=O) groups is 3. The molecule has 11 heteroatoms. The molecule has 7 nitrogen and oxygen atoms in total. The van der Waals surface area contributed by atoms with Crippen LogP contribution in [0.15, 0.2) is 53.9 Å². The quantitative estimate of drug-likeness (QED) is 0.398. The number of rotatable bonds is 8. The molecule has 39 heavy (non-hydrogen) atoms. The Labute approximate surface area is 229 Å². The predicted octanol–water partition coefficient (Wildman–Crippen LogP) is 4.81. The summed E-state index contributed by atoms with van der Waals surface area (Å²) in [5, 5.41) is 12.2. The van der Waals surface area contributed by atoms with E-state index in [0.29, 0.717) is 25.4 Å². The molecule has 0 spiro atoms. The van der Waals surface area contributed by atoms with E-state index in [1.807, 2.05) is 40.6 Å². The average Bonchev–Trinajstić information content (AvgIpc) is 3.57. The molecule has 0 radical (unpaired) electrons. The van der Waals surface area contributed by atoms with E-state index in [-0.39, 0.29) is 17.9 Å². The molecule has 2 atom stereocenters. The van der Waals surface area contributed by atoms with Crippen molar-refractivity contribution in [1.82, 2.24) is 10.2 Å². The summed E-state index contributed by atoms with van der Waals surface area (Å²) in [4.78, 5) is 37.5. The van der Waals surface area contributed by atoms with Crippen LogP contribution >= 0.6 is 11.3 Å². The number of carbonyl (C=O) groups excluding carboxylic acids is 2. The lowest BCUT2D eigenvalue weighted by molar-refractivity contribution is -0.192. The second kappa shape index (κ2) is 14.3. The van der Waals surface area contributed by atoms with Crippen molar-refractivity contribution >= 4 is 29.1 Å². The Morgan fingerprint density at radius 1 is 1.08 bits per heavy atom. The lowest BCUT2D eigenvalue weighted by atomic mass is 9.84. The topological polar surface area (TPSA) is 113 Å². The van der Waals surface area contributed by atoms with Gasteiger partial charge in [0.25, 0.3) is 0 Å². The summed E-state index contributed by atoms with van der Waals surface area (Å²) >= 11 is 1.61. The van der Waals surface area contributed by atoms with E-state index in [2.05, 4.69) is 17.4 Å². The van der Waals surface area contributed by atoms with Gasteiger partial charge < -0.3 is 21.1 Å². The van der Waals surface area contributed by atoms with Gasteiger partial charge in [-0.05, 0) is 34.9 Å². The maximum absolute atomic E-state index is 12.8. The van der Waals surface area contributed by atoms with Crippen molar-refractivity contribution in [2.24, 2.45) is 11.7 Å². The van der Waals surface area contributed by atoms with E-state index >= 15 is 0 Å². The lowest BCUT2D eigenvalue weighted by Crippen LogP contribution is -2.46.